The second-order valence-electron chi connectivity index (χ2n) is 4.91. The van der Waals surface area contributed by atoms with Gasteiger partial charge in [-0.25, -0.2) is 8.78 Å². The van der Waals surface area contributed by atoms with Crippen LogP contribution in [0.4, 0.5) is 8.78 Å². The molecule has 1 saturated heterocycles. The summed E-state index contributed by atoms with van der Waals surface area (Å²) >= 11 is 0. The van der Waals surface area contributed by atoms with Gasteiger partial charge in [0.2, 0.25) is 0 Å². The Kier molecular flexibility index (Phi) is 4.47. The molecule has 5 heteroatoms. The predicted molar refractivity (Wildman–Crippen MR) is 68.9 cm³/mol. The Balaban J connectivity index is 2.15. The van der Waals surface area contributed by atoms with Gasteiger partial charge in [-0.3, -0.25) is 4.79 Å². The van der Waals surface area contributed by atoms with Crippen molar-refractivity contribution >= 4 is 5.91 Å². The predicted octanol–water partition coefficient (Wildman–Crippen LogP) is 2.04. The summed E-state index contributed by atoms with van der Waals surface area (Å²) in [6.07, 6.45) is 1.90. The van der Waals surface area contributed by atoms with Crippen molar-refractivity contribution in [3.63, 3.8) is 0 Å². The van der Waals surface area contributed by atoms with E-state index in [0.29, 0.717) is 19.0 Å². The fourth-order valence-electron chi connectivity index (χ4n) is 2.57. The van der Waals surface area contributed by atoms with Gasteiger partial charge in [0.25, 0.3) is 5.91 Å². The highest BCUT2D eigenvalue weighted by Gasteiger charge is 2.27. The molecule has 3 nitrogen and oxygen atoms in total. The minimum atomic E-state index is -0.791. The molecule has 0 radical (unpaired) electrons. The lowest BCUT2D eigenvalue weighted by atomic mass is 9.97. The summed E-state index contributed by atoms with van der Waals surface area (Å²) in [5, 5.41) is 3.07. The number of hydrogen-bond acceptors (Lipinski definition) is 2. The maximum atomic E-state index is 13.6. The molecule has 1 unspecified atom stereocenters. The zero-order valence-electron chi connectivity index (χ0n) is 11.0. The molecule has 2 rings (SSSR count). The average molecular weight is 268 g/mol. The molecule has 1 fully saturated rings. The van der Waals surface area contributed by atoms with Gasteiger partial charge in [-0.05, 0) is 44.5 Å². The Labute approximate surface area is 111 Å². The second kappa shape index (κ2) is 6.10. The van der Waals surface area contributed by atoms with Gasteiger partial charge in [0.1, 0.15) is 17.2 Å². The monoisotopic (exact) mass is 268 g/mol. The first-order valence-corrected chi connectivity index (χ1v) is 6.51. The zero-order valence-corrected chi connectivity index (χ0v) is 11.0. The third-order valence-electron chi connectivity index (χ3n) is 3.48. The van der Waals surface area contributed by atoms with E-state index in [2.05, 4.69) is 5.32 Å². The molecule has 1 atom stereocenters. The summed E-state index contributed by atoms with van der Waals surface area (Å²) in [5.74, 6) is -1.78. The molecule has 1 heterocycles. The number of nitrogens with zero attached hydrogens (tertiary/aromatic N) is 1. The SMILES string of the molecule is CNCC1CCCN(C(=O)c2c(F)cccc2F)C1. The molecule has 0 bridgehead atoms. The molecule has 1 aromatic rings. The van der Waals surface area contributed by atoms with E-state index in [0.717, 1.165) is 31.5 Å². The van der Waals surface area contributed by atoms with Gasteiger partial charge in [-0.2, -0.15) is 0 Å². The van der Waals surface area contributed by atoms with E-state index in [1.54, 1.807) is 4.90 Å². The van der Waals surface area contributed by atoms with Crippen molar-refractivity contribution in [2.45, 2.75) is 12.8 Å². The summed E-state index contributed by atoms with van der Waals surface area (Å²) in [4.78, 5) is 13.8. The van der Waals surface area contributed by atoms with Gasteiger partial charge in [0, 0.05) is 13.1 Å². The molecule has 1 aliphatic heterocycles. The average Bonchev–Trinajstić information content (AvgIpc) is 2.39. The Morgan fingerprint density at radius 2 is 2.11 bits per heavy atom. The molecule has 19 heavy (non-hydrogen) atoms. The second-order valence-corrected chi connectivity index (χ2v) is 4.91. The van der Waals surface area contributed by atoms with Gasteiger partial charge in [-0.1, -0.05) is 6.07 Å². The first-order chi connectivity index (χ1) is 9.13. The summed E-state index contributed by atoms with van der Waals surface area (Å²) in [6.45, 7) is 1.92. The van der Waals surface area contributed by atoms with E-state index in [1.165, 1.54) is 6.07 Å². The van der Waals surface area contributed by atoms with Crippen LogP contribution in [0.5, 0.6) is 0 Å². The molecular weight excluding hydrogens is 250 g/mol. The number of likely N-dealkylation sites (tertiary alicyclic amines) is 1. The summed E-state index contributed by atoms with van der Waals surface area (Å²) < 4.78 is 27.2. The standard InChI is InChI=1S/C14H18F2N2O/c1-17-8-10-4-3-7-18(9-10)14(19)13-11(15)5-2-6-12(13)16/h2,5-6,10,17H,3-4,7-9H2,1H3. The number of halogens is 2. The number of carbonyl (C=O) groups excluding carboxylic acids is 1. The lowest BCUT2D eigenvalue weighted by Gasteiger charge is -2.32. The van der Waals surface area contributed by atoms with Crippen LogP contribution in [-0.4, -0.2) is 37.5 Å². The van der Waals surface area contributed by atoms with Crippen LogP contribution < -0.4 is 5.32 Å². The van der Waals surface area contributed by atoms with Crippen LogP contribution in [-0.2, 0) is 0 Å². The van der Waals surface area contributed by atoms with Gasteiger partial charge in [-0.15, -0.1) is 0 Å². The molecular formula is C14H18F2N2O. The van der Waals surface area contributed by atoms with Crippen molar-refractivity contribution in [2.24, 2.45) is 5.92 Å². The van der Waals surface area contributed by atoms with Crippen LogP contribution in [0.3, 0.4) is 0 Å². The Hall–Kier alpha value is -1.49. The maximum Gasteiger partial charge on any atom is 0.259 e. The number of benzene rings is 1. The summed E-state index contributed by atoms with van der Waals surface area (Å²) in [5.41, 5.74) is -0.437. The van der Waals surface area contributed by atoms with E-state index in [4.69, 9.17) is 0 Å². The number of nitrogens with one attached hydrogen (secondary N) is 1. The maximum absolute atomic E-state index is 13.6. The van der Waals surface area contributed by atoms with Gasteiger partial charge in [0.05, 0.1) is 0 Å². The van der Waals surface area contributed by atoms with Crippen molar-refractivity contribution in [3.05, 3.63) is 35.4 Å². The third-order valence-corrected chi connectivity index (χ3v) is 3.48. The lowest BCUT2D eigenvalue weighted by molar-refractivity contribution is 0.0664. The van der Waals surface area contributed by atoms with Crippen molar-refractivity contribution in [2.75, 3.05) is 26.7 Å². The Bertz CT molecular complexity index is 443. The van der Waals surface area contributed by atoms with Crippen LogP contribution in [0.25, 0.3) is 0 Å². The molecule has 0 aromatic heterocycles. The van der Waals surface area contributed by atoms with E-state index >= 15 is 0 Å². The molecule has 0 aliphatic carbocycles. The highest BCUT2D eigenvalue weighted by molar-refractivity contribution is 5.94. The first-order valence-electron chi connectivity index (χ1n) is 6.51. The highest BCUT2D eigenvalue weighted by Crippen LogP contribution is 2.20. The normalized spacial score (nSPS) is 19.5. The Morgan fingerprint density at radius 3 is 2.74 bits per heavy atom. The fourth-order valence-corrected chi connectivity index (χ4v) is 2.57. The number of piperidine rings is 1. The van der Waals surface area contributed by atoms with Crippen LogP contribution in [0, 0.1) is 17.6 Å². The first kappa shape index (κ1) is 13.9. The molecule has 104 valence electrons. The Morgan fingerprint density at radius 1 is 1.42 bits per heavy atom. The van der Waals surface area contributed by atoms with Gasteiger partial charge < -0.3 is 10.2 Å². The largest absolute Gasteiger partial charge is 0.338 e. The molecule has 0 spiro atoms. The summed E-state index contributed by atoms with van der Waals surface area (Å²) in [6, 6.07) is 3.50. The van der Waals surface area contributed by atoms with Crippen molar-refractivity contribution in [1.82, 2.24) is 10.2 Å². The van der Waals surface area contributed by atoms with Crippen LogP contribution in [0.1, 0.15) is 23.2 Å². The molecule has 1 aliphatic rings. The number of carbonyl (C=O) groups is 1. The molecule has 1 N–H and O–H groups in total. The number of amides is 1. The zero-order chi connectivity index (χ0) is 13.8. The minimum Gasteiger partial charge on any atom is -0.338 e. The topological polar surface area (TPSA) is 32.3 Å². The third kappa shape index (κ3) is 3.10. The van der Waals surface area contributed by atoms with Crippen molar-refractivity contribution < 1.29 is 13.6 Å². The molecule has 0 saturated carbocycles. The molecule has 1 aromatic carbocycles. The van der Waals surface area contributed by atoms with Gasteiger partial charge >= 0.3 is 0 Å². The van der Waals surface area contributed by atoms with Crippen LogP contribution in [0.15, 0.2) is 18.2 Å². The van der Waals surface area contributed by atoms with E-state index in [-0.39, 0.29) is 0 Å². The smallest absolute Gasteiger partial charge is 0.259 e. The van der Waals surface area contributed by atoms with E-state index in [1.807, 2.05) is 7.05 Å². The number of rotatable bonds is 3. The lowest BCUT2D eigenvalue weighted by Crippen LogP contribution is -2.43. The van der Waals surface area contributed by atoms with Crippen molar-refractivity contribution in [1.29, 1.82) is 0 Å². The van der Waals surface area contributed by atoms with E-state index < -0.39 is 23.1 Å². The molecule has 1 amide bonds. The van der Waals surface area contributed by atoms with Crippen LogP contribution >= 0.6 is 0 Å². The summed E-state index contributed by atoms with van der Waals surface area (Å²) in [7, 11) is 1.86. The van der Waals surface area contributed by atoms with Gasteiger partial charge in [0.15, 0.2) is 0 Å². The minimum absolute atomic E-state index is 0.345. The number of hydrogen-bond donors (Lipinski definition) is 1. The van der Waals surface area contributed by atoms with Crippen LogP contribution in [0.2, 0.25) is 0 Å². The quantitative estimate of drug-likeness (QED) is 0.910. The highest BCUT2D eigenvalue weighted by atomic mass is 19.1. The van der Waals surface area contributed by atoms with E-state index in [9.17, 15) is 13.6 Å². The van der Waals surface area contributed by atoms with Crippen molar-refractivity contribution in [3.8, 4) is 0 Å². The fraction of sp³-hybridized carbons (Fsp3) is 0.500.